The van der Waals surface area contributed by atoms with E-state index in [0.717, 1.165) is 31.5 Å². The summed E-state index contributed by atoms with van der Waals surface area (Å²) >= 11 is 6.10. The number of carbonyl (C=O) groups is 1. The Morgan fingerprint density at radius 2 is 2.06 bits per heavy atom. The van der Waals surface area contributed by atoms with Crippen LogP contribution in [0.5, 0.6) is 0 Å². The van der Waals surface area contributed by atoms with Crippen LogP contribution in [0.3, 0.4) is 0 Å². The second kappa shape index (κ2) is 4.74. The van der Waals surface area contributed by atoms with Crippen LogP contribution in [0.15, 0.2) is 18.2 Å². The van der Waals surface area contributed by atoms with Crippen LogP contribution in [0.25, 0.3) is 0 Å². The Morgan fingerprint density at radius 3 is 2.88 bits per heavy atom. The van der Waals surface area contributed by atoms with E-state index in [-0.39, 0.29) is 5.91 Å². The average Bonchev–Trinajstić information content (AvgIpc) is 2.47. The topological polar surface area (TPSA) is 46.3 Å². The van der Waals surface area contributed by atoms with E-state index < -0.39 is 0 Å². The number of hydrogen-bond acceptors (Lipinski definition) is 2. The fourth-order valence-corrected chi connectivity index (χ4v) is 2.19. The van der Waals surface area contributed by atoms with Crippen LogP contribution in [0.1, 0.15) is 25.7 Å². The average molecular weight is 239 g/mol. The molecule has 0 bridgehead atoms. The number of anilines is 2. The molecule has 1 aromatic rings. The fourth-order valence-electron chi connectivity index (χ4n) is 1.97. The zero-order valence-corrected chi connectivity index (χ0v) is 9.83. The van der Waals surface area contributed by atoms with Crippen LogP contribution >= 0.6 is 11.6 Å². The number of halogens is 1. The van der Waals surface area contributed by atoms with Crippen molar-refractivity contribution >= 4 is 28.9 Å². The summed E-state index contributed by atoms with van der Waals surface area (Å²) < 4.78 is 0. The summed E-state index contributed by atoms with van der Waals surface area (Å²) in [5, 5.41) is 0.587. The van der Waals surface area contributed by atoms with Crippen LogP contribution in [-0.2, 0) is 4.79 Å². The zero-order chi connectivity index (χ0) is 11.5. The third-order valence-corrected chi connectivity index (χ3v) is 3.15. The van der Waals surface area contributed by atoms with Gasteiger partial charge in [0.15, 0.2) is 0 Å². The molecular weight excluding hydrogens is 224 g/mol. The highest BCUT2D eigenvalue weighted by Crippen LogP contribution is 2.30. The summed E-state index contributed by atoms with van der Waals surface area (Å²) in [6.07, 6.45) is 3.69. The molecule has 1 saturated heterocycles. The minimum Gasteiger partial charge on any atom is -0.399 e. The van der Waals surface area contributed by atoms with Crippen molar-refractivity contribution in [1.82, 2.24) is 0 Å². The predicted octanol–water partition coefficient (Wildman–Crippen LogP) is 2.83. The lowest BCUT2D eigenvalue weighted by molar-refractivity contribution is -0.118. The normalized spacial score (nSPS) is 17.3. The van der Waals surface area contributed by atoms with Gasteiger partial charge in [-0.25, -0.2) is 0 Å². The maximum atomic E-state index is 11.9. The summed E-state index contributed by atoms with van der Waals surface area (Å²) in [5.41, 5.74) is 7.10. The lowest BCUT2D eigenvalue weighted by Gasteiger charge is -2.22. The third kappa shape index (κ3) is 2.30. The first-order chi connectivity index (χ1) is 7.68. The molecule has 1 aliphatic rings. The van der Waals surface area contributed by atoms with E-state index in [2.05, 4.69) is 0 Å². The Labute approximate surface area is 100 Å². The quantitative estimate of drug-likeness (QED) is 0.765. The van der Waals surface area contributed by atoms with Gasteiger partial charge >= 0.3 is 0 Å². The monoisotopic (exact) mass is 238 g/mol. The van der Waals surface area contributed by atoms with E-state index in [1.54, 1.807) is 23.1 Å². The SMILES string of the molecule is Nc1ccc(Cl)c(N2CCCCCC2=O)c1. The maximum absolute atomic E-state index is 11.9. The standard InChI is InChI=1S/C12H15ClN2O/c13-10-6-5-9(14)8-11(10)15-7-3-1-2-4-12(15)16/h5-6,8H,1-4,7,14H2. The summed E-state index contributed by atoms with van der Waals surface area (Å²) in [6, 6.07) is 5.25. The minimum atomic E-state index is 0.144. The minimum absolute atomic E-state index is 0.144. The first-order valence-electron chi connectivity index (χ1n) is 5.54. The lowest BCUT2D eigenvalue weighted by Crippen LogP contribution is -2.30. The largest absolute Gasteiger partial charge is 0.399 e. The first-order valence-corrected chi connectivity index (χ1v) is 5.91. The molecule has 1 heterocycles. The molecule has 0 radical (unpaired) electrons. The molecule has 1 aromatic carbocycles. The number of rotatable bonds is 1. The summed E-state index contributed by atoms with van der Waals surface area (Å²) in [7, 11) is 0. The van der Waals surface area contributed by atoms with Gasteiger partial charge in [0.1, 0.15) is 0 Å². The van der Waals surface area contributed by atoms with Crippen molar-refractivity contribution in [3.63, 3.8) is 0 Å². The molecule has 0 saturated carbocycles. The zero-order valence-electron chi connectivity index (χ0n) is 9.08. The molecule has 0 unspecified atom stereocenters. The molecule has 1 amide bonds. The lowest BCUT2D eigenvalue weighted by atomic mass is 10.2. The van der Waals surface area contributed by atoms with Crippen molar-refractivity contribution in [3.05, 3.63) is 23.2 Å². The van der Waals surface area contributed by atoms with Gasteiger partial charge in [0.2, 0.25) is 5.91 Å². The van der Waals surface area contributed by atoms with Crippen LogP contribution in [0, 0.1) is 0 Å². The highest BCUT2D eigenvalue weighted by atomic mass is 35.5. The molecule has 16 heavy (non-hydrogen) atoms. The highest BCUT2D eigenvalue weighted by Gasteiger charge is 2.20. The molecule has 4 heteroatoms. The van der Waals surface area contributed by atoms with Crippen molar-refractivity contribution in [2.24, 2.45) is 0 Å². The van der Waals surface area contributed by atoms with Crippen molar-refractivity contribution < 1.29 is 4.79 Å². The van der Waals surface area contributed by atoms with Crippen LogP contribution in [-0.4, -0.2) is 12.5 Å². The fraction of sp³-hybridized carbons (Fsp3) is 0.417. The van der Waals surface area contributed by atoms with Crippen LogP contribution in [0.2, 0.25) is 5.02 Å². The third-order valence-electron chi connectivity index (χ3n) is 2.83. The van der Waals surface area contributed by atoms with Crippen molar-refractivity contribution in [3.8, 4) is 0 Å². The smallest absolute Gasteiger partial charge is 0.227 e. The summed E-state index contributed by atoms with van der Waals surface area (Å²) in [4.78, 5) is 13.7. The molecule has 2 N–H and O–H groups in total. The molecule has 1 aliphatic heterocycles. The van der Waals surface area contributed by atoms with E-state index in [9.17, 15) is 4.79 Å². The Hall–Kier alpha value is -1.22. The number of nitrogen functional groups attached to an aromatic ring is 1. The van der Waals surface area contributed by atoms with Crippen molar-refractivity contribution in [2.75, 3.05) is 17.2 Å². The number of benzene rings is 1. The van der Waals surface area contributed by atoms with Crippen molar-refractivity contribution in [2.45, 2.75) is 25.7 Å². The second-order valence-electron chi connectivity index (χ2n) is 4.07. The molecule has 3 nitrogen and oxygen atoms in total. The predicted molar refractivity (Wildman–Crippen MR) is 66.7 cm³/mol. The summed E-state index contributed by atoms with van der Waals surface area (Å²) in [5.74, 6) is 0.144. The molecule has 1 fully saturated rings. The first kappa shape index (κ1) is 11.3. The van der Waals surface area contributed by atoms with E-state index >= 15 is 0 Å². The van der Waals surface area contributed by atoms with Gasteiger partial charge in [-0.2, -0.15) is 0 Å². The number of amides is 1. The van der Waals surface area contributed by atoms with Crippen molar-refractivity contribution in [1.29, 1.82) is 0 Å². The van der Waals surface area contributed by atoms with Gasteiger partial charge in [-0.3, -0.25) is 4.79 Å². The molecule has 0 spiro atoms. The Morgan fingerprint density at radius 1 is 1.25 bits per heavy atom. The van der Waals surface area contributed by atoms with Gasteiger partial charge in [0.25, 0.3) is 0 Å². The second-order valence-corrected chi connectivity index (χ2v) is 4.47. The Kier molecular flexibility index (Phi) is 3.34. The molecule has 0 atom stereocenters. The van der Waals surface area contributed by atoms with Crippen LogP contribution in [0.4, 0.5) is 11.4 Å². The highest BCUT2D eigenvalue weighted by molar-refractivity contribution is 6.34. The van der Waals surface area contributed by atoms with E-state index in [4.69, 9.17) is 17.3 Å². The molecule has 2 rings (SSSR count). The maximum Gasteiger partial charge on any atom is 0.227 e. The molecule has 0 aromatic heterocycles. The van der Waals surface area contributed by atoms with Crippen LogP contribution < -0.4 is 10.6 Å². The van der Waals surface area contributed by atoms with Gasteiger partial charge in [0, 0.05) is 18.7 Å². The Bertz CT molecular complexity index is 406. The number of nitrogens with zero attached hydrogens (tertiary/aromatic N) is 1. The molecule has 86 valence electrons. The van der Waals surface area contributed by atoms with Gasteiger partial charge in [0.05, 0.1) is 10.7 Å². The van der Waals surface area contributed by atoms with Gasteiger partial charge < -0.3 is 10.6 Å². The van der Waals surface area contributed by atoms with Gasteiger partial charge in [-0.1, -0.05) is 18.0 Å². The van der Waals surface area contributed by atoms with Gasteiger partial charge in [-0.05, 0) is 31.0 Å². The summed E-state index contributed by atoms with van der Waals surface area (Å²) in [6.45, 7) is 0.738. The molecular formula is C12H15ClN2O. The molecule has 0 aliphatic carbocycles. The van der Waals surface area contributed by atoms with Gasteiger partial charge in [-0.15, -0.1) is 0 Å². The number of nitrogens with two attached hydrogens (primary N) is 1. The number of hydrogen-bond donors (Lipinski definition) is 1. The Balaban J connectivity index is 2.33. The van der Waals surface area contributed by atoms with E-state index in [0.29, 0.717) is 17.1 Å². The number of carbonyl (C=O) groups excluding carboxylic acids is 1. The van der Waals surface area contributed by atoms with E-state index in [1.807, 2.05) is 0 Å². The van der Waals surface area contributed by atoms with E-state index in [1.165, 1.54) is 0 Å².